The van der Waals surface area contributed by atoms with Crippen LogP contribution in [0.5, 0.6) is 0 Å². The van der Waals surface area contributed by atoms with Crippen molar-refractivity contribution in [2.24, 2.45) is 0 Å². The lowest BCUT2D eigenvalue weighted by Crippen LogP contribution is -2.45. The van der Waals surface area contributed by atoms with E-state index in [1.54, 1.807) is 12.1 Å². The number of rotatable bonds is 7. The maximum absolute atomic E-state index is 12.6. The second-order valence-corrected chi connectivity index (χ2v) is 14.6. The topological polar surface area (TPSA) is 64.6 Å². The van der Waals surface area contributed by atoms with Crippen molar-refractivity contribution in [3.05, 3.63) is 35.4 Å². The van der Waals surface area contributed by atoms with Gasteiger partial charge < -0.3 is 14.5 Å². The lowest BCUT2D eigenvalue weighted by atomic mass is 9.86. The van der Waals surface area contributed by atoms with E-state index >= 15 is 0 Å². The molecule has 1 amide bonds. The molecule has 0 fully saturated rings. The molecule has 1 rings (SSSR count). The quantitative estimate of drug-likeness (QED) is 0.527. The highest BCUT2D eigenvalue weighted by Gasteiger charge is 2.37. The Labute approximate surface area is 171 Å². The predicted molar refractivity (Wildman–Crippen MR) is 116 cm³/mol. The molecule has 0 saturated heterocycles. The van der Waals surface area contributed by atoms with E-state index in [1.165, 1.54) is 7.11 Å². The number of hydrogen-bond acceptors (Lipinski definition) is 4. The number of esters is 1. The van der Waals surface area contributed by atoms with E-state index in [0.29, 0.717) is 18.6 Å². The standard InChI is InChI=1S/C22H37NO4Si/c1-21(2,3)17-12-10-16(11-13-17)19(24)23-18(20(25)26-7)14-15-27-28(8,9)22(4,5)6/h10-13,18H,14-15H2,1-9H3,(H,23,24)/t18-/m1/s1. The van der Waals surface area contributed by atoms with E-state index in [-0.39, 0.29) is 16.4 Å². The van der Waals surface area contributed by atoms with Crippen LogP contribution < -0.4 is 5.32 Å². The van der Waals surface area contributed by atoms with E-state index in [0.717, 1.165) is 5.56 Å². The number of benzene rings is 1. The summed E-state index contributed by atoms with van der Waals surface area (Å²) >= 11 is 0. The first-order chi connectivity index (χ1) is 12.7. The first-order valence-corrected chi connectivity index (χ1v) is 12.7. The summed E-state index contributed by atoms with van der Waals surface area (Å²) in [5.41, 5.74) is 1.69. The maximum Gasteiger partial charge on any atom is 0.328 e. The molecule has 0 unspecified atom stereocenters. The van der Waals surface area contributed by atoms with Crippen LogP contribution >= 0.6 is 0 Å². The minimum atomic E-state index is -1.91. The third-order valence-corrected chi connectivity index (χ3v) is 10.0. The lowest BCUT2D eigenvalue weighted by Gasteiger charge is -2.36. The summed E-state index contributed by atoms with van der Waals surface area (Å²) in [5, 5.41) is 2.88. The van der Waals surface area contributed by atoms with Gasteiger partial charge in [-0.15, -0.1) is 0 Å². The van der Waals surface area contributed by atoms with Gasteiger partial charge in [-0.2, -0.15) is 0 Å². The molecule has 0 aliphatic heterocycles. The number of carbonyl (C=O) groups is 2. The average molecular weight is 408 g/mol. The van der Waals surface area contributed by atoms with Crippen molar-refractivity contribution in [2.45, 2.75) is 77.6 Å². The van der Waals surface area contributed by atoms with Gasteiger partial charge in [0.25, 0.3) is 5.91 Å². The summed E-state index contributed by atoms with van der Waals surface area (Å²) in [7, 11) is -0.582. The average Bonchev–Trinajstić information content (AvgIpc) is 2.58. The minimum absolute atomic E-state index is 0.0185. The van der Waals surface area contributed by atoms with Crippen molar-refractivity contribution >= 4 is 20.2 Å². The number of ether oxygens (including phenoxy) is 1. The molecule has 5 nitrogen and oxygen atoms in total. The molecule has 158 valence electrons. The molecule has 0 spiro atoms. The van der Waals surface area contributed by atoms with E-state index in [1.807, 2.05) is 12.1 Å². The highest BCUT2D eigenvalue weighted by molar-refractivity contribution is 6.74. The Kier molecular flexibility index (Phi) is 8.03. The molecule has 0 heterocycles. The van der Waals surface area contributed by atoms with Gasteiger partial charge >= 0.3 is 5.97 Å². The normalized spacial score (nSPS) is 13.8. The zero-order valence-corrected chi connectivity index (χ0v) is 19.9. The highest BCUT2D eigenvalue weighted by atomic mass is 28.4. The highest BCUT2D eigenvalue weighted by Crippen LogP contribution is 2.36. The fraction of sp³-hybridized carbons (Fsp3) is 0.636. The molecule has 0 aliphatic carbocycles. The second-order valence-electron chi connectivity index (χ2n) is 9.77. The van der Waals surface area contributed by atoms with Crippen molar-refractivity contribution in [1.29, 1.82) is 0 Å². The van der Waals surface area contributed by atoms with Gasteiger partial charge in [-0.05, 0) is 41.2 Å². The molecule has 1 aromatic rings. The van der Waals surface area contributed by atoms with E-state index in [9.17, 15) is 9.59 Å². The van der Waals surface area contributed by atoms with Gasteiger partial charge in [0.2, 0.25) is 0 Å². The van der Waals surface area contributed by atoms with Crippen LogP contribution in [0.2, 0.25) is 18.1 Å². The Morgan fingerprint density at radius 3 is 2.00 bits per heavy atom. The van der Waals surface area contributed by atoms with Gasteiger partial charge in [-0.3, -0.25) is 4.79 Å². The smallest absolute Gasteiger partial charge is 0.328 e. The van der Waals surface area contributed by atoms with E-state index in [4.69, 9.17) is 9.16 Å². The largest absolute Gasteiger partial charge is 0.467 e. The van der Waals surface area contributed by atoms with Gasteiger partial charge in [-0.25, -0.2) is 4.79 Å². The molecule has 1 N–H and O–H groups in total. The van der Waals surface area contributed by atoms with Crippen LogP contribution in [0.25, 0.3) is 0 Å². The Hall–Kier alpha value is -1.66. The zero-order chi connectivity index (χ0) is 21.8. The van der Waals surface area contributed by atoms with Crippen molar-refractivity contribution in [2.75, 3.05) is 13.7 Å². The van der Waals surface area contributed by atoms with Crippen molar-refractivity contribution in [1.82, 2.24) is 5.32 Å². The van der Waals surface area contributed by atoms with Crippen molar-refractivity contribution in [3.8, 4) is 0 Å². The van der Waals surface area contributed by atoms with Crippen LogP contribution in [0.1, 0.15) is 63.9 Å². The zero-order valence-electron chi connectivity index (χ0n) is 18.9. The number of hydrogen-bond donors (Lipinski definition) is 1. The van der Waals surface area contributed by atoms with Crippen LogP contribution in [-0.4, -0.2) is 40.0 Å². The minimum Gasteiger partial charge on any atom is -0.467 e. The van der Waals surface area contributed by atoms with Crippen molar-refractivity contribution in [3.63, 3.8) is 0 Å². The van der Waals surface area contributed by atoms with Crippen LogP contribution in [0.15, 0.2) is 24.3 Å². The molecule has 0 saturated carbocycles. The Balaban J connectivity index is 2.78. The third-order valence-electron chi connectivity index (χ3n) is 5.48. The summed E-state index contributed by atoms with van der Waals surface area (Å²) in [6.45, 7) is 17.6. The molecule has 6 heteroatoms. The Bertz CT molecular complexity index is 669. The molecular formula is C22H37NO4Si. The number of nitrogens with one attached hydrogen (secondary N) is 1. The van der Waals surface area contributed by atoms with Gasteiger partial charge in [-0.1, -0.05) is 53.7 Å². The van der Waals surface area contributed by atoms with Gasteiger partial charge in [0.05, 0.1) is 7.11 Å². The number of carbonyl (C=O) groups excluding carboxylic acids is 2. The summed E-state index contributed by atoms with van der Waals surface area (Å²) in [6, 6.07) is 6.74. The molecule has 0 radical (unpaired) electrons. The second kappa shape index (κ2) is 9.22. The Morgan fingerprint density at radius 1 is 1.04 bits per heavy atom. The summed E-state index contributed by atoms with van der Waals surface area (Å²) in [6.07, 6.45) is 0.380. The fourth-order valence-corrected chi connectivity index (χ4v) is 3.46. The van der Waals surface area contributed by atoms with Gasteiger partial charge in [0.15, 0.2) is 8.32 Å². The molecule has 28 heavy (non-hydrogen) atoms. The first kappa shape index (κ1) is 24.4. The monoisotopic (exact) mass is 407 g/mol. The van der Waals surface area contributed by atoms with E-state index in [2.05, 4.69) is 60.0 Å². The summed E-state index contributed by atoms with van der Waals surface area (Å²) < 4.78 is 11.0. The summed E-state index contributed by atoms with van der Waals surface area (Å²) in [5.74, 6) is -0.748. The van der Waals surface area contributed by atoms with Crippen LogP contribution in [0, 0.1) is 0 Å². The van der Waals surface area contributed by atoms with E-state index < -0.39 is 20.3 Å². The van der Waals surface area contributed by atoms with Crippen LogP contribution in [0.4, 0.5) is 0 Å². The fourth-order valence-electron chi connectivity index (χ4n) is 2.40. The number of amides is 1. The molecular weight excluding hydrogens is 370 g/mol. The van der Waals surface area contributed by atoms with Crippen LogP contribution in [-0.2, 0) is 19.4 Å². The van der Waals surface area contributed by atoms with Crippen molar-refractivity contribution < 1.29 is 18.8 Å². The lowest BCUT2D eigenvalue weighted by molar-refractivity contribution is -0.143. The molecule has 1 atom stereocenters. The maximum atomic E-state index is 12.6. The third kappa shape index (κ3) is 6.74. The number of methoxy groups -OCH3 is 1. The molecule has 1 aromatic carbocycles. The molecule has 0 aliphatic rings. The summed E-state index contributed by atoms with van der Waals surface area (Å²) in [4.78, 5) is 24.7. The van der Waals surface area contributed by atoms with Gasteiger partial charge in [0, 0.05) is 18.6 Å². The SMILES string of the molecule is COC(=O)[C@@H](CCO[Si](C)(C)C(C)(C)C)NC(=O)c1ccc(C(C)(C)C)cc1. The Morgan fingerprint density at radius 2 is 1.57 bits per heavy atom. The molecule has 0 aromatic heterocycles. The molecule has 0 bridgehead atoms. The van der Waals surface area contributed by atoms with Gasteiger partial charge in [0.1, 0.15) is 6.04 Å². The predicted octanol–water partition coefficient (Wildman–Crippen LogP) is 4.67. The van der Waals surface area contributed by atoms with Crippen LogP contribution in [0.3, 0.4) is 0 Å². The first-order valence-electron chi connectivity index (χ1n) is 9.82.